The van der Waals surface area contributed by atoms with Gasteiger partial charge in [-0.25, -0.2) is 0 Å². The van der Waals surface area contributed by atoms with Crippen molar-refractivity contribution in [2.45, 2.75) is 147 Å². The number of hydrogen-bond donors (Lipinski definition) is 2. The van der Waals surface area contributed by atoms with Crippen LogP contribution >= 0.6 is 0 Å². The van der Waals surface area contributed by atoms with E-state index in [0.29, 0.717) is 24.7 Å². The van der Waals surface area contributed by atoms with Crippen molar-refractivity contribution in [1.29, 1.82) is 0 Å². The average Bonchev–Trinajstić information content (AvgIpc) is 2.90. The van der Waals surface area contributed by atoms with Crippen LogP contribution in [0, 0.1) is 33.5 Å². The highest BCUT2D eigenvalue weighted by atomic mass is 16.2. The van der Waals surface area contributed by atoms with Crippen LogP contribution in [-0.2, 0) is 9.59 Å². The number of carbonyl (C=O) groups is 2. The second-order valence-electron chi connectivity index (χ2n) is 17.8. The number of rotatable bonds is 13. The Bertz CT molecular complexity index is 1000. The predicted octanol–water partition coefficient (Wildman–Crippen LogP) is 10.3. The molecule has 2 amide bonds. The zero-order chi connectivity index (χ0) is 33.3. The number of nitrogens with one attached hydrogen (secondary N) is 2. The molecule has 0 radical (unpaired) electrons. The van der Waals surface area contributed by atoms with Gasteiger partial charge in [0.15, 0.2) is 0 Å². The van der Waals surface area contributed by atoms with E-state index < -0.39 is 0 Å². The first-order chi connectivity index (χ1) is 20.2. The molecule has 0 aliphatic heterocycles. The van der Waals surface area contributed by atoms with E-state index in [1.165, 1.54) is 22.3 Å². The second-order valence-corrected chi connectivity index (χ2v) is 17.8. The molecule has 0 heterocycles. The Hall–Kier alpha value is -2.10. The first-order valence-electron chi connectivity index (χ1n) is 17.5. The molecule has 44 heavy (non-hydrogen) atoms. The van der Waals surface area contributed by atoms with Crippen LogP contribution in [0.2, 0.25) is 0 Å². The summed E-state index contributed by atoms with van der Waals surface area (Å²) in [6, 6.07) is 0. The van der Waals surface area contributed by atoms with Gasteiger partial charge in [0.25, 0.3) is 0 Å². The fraction of sp³-hybridized carbons (Fsp3) is 0.750. The van der Waals surface area contributed by atoms with Crippen LogP contribution in [0.4, 0.5) is 0 Å². The SMILES string of the molecule is CC(C)(C)C1=CC(CCC(=O)NCCCCCCNC(=O)CCC2=CC(C(C)(C)C)CC(C(C)(C)C)=C2)=CC(C(C)(C)C)C1. The molecule has 4 nitrogen and oxygen atoms in total. The average molecular weight is 609 g/mol. The molecule has 0 saturated heterocycles. The van der Waals surface area contributed by atoms with E-state index >= 15 is 0 Å². The molecule has 0 spiro atoms. The van der Waals surface area contributed by atoms with Crippen molar-refractivity contribution in [2.24, 2.45) is 33.5 Å². The fourth-order valence-corrected chi connectivity index (χ4v) is 5.99. The lowest BCUT2D eigenvalue weighted by Crippen LogP contribution is -2.26. The van der Waals surface area contributed by atoms with E-state index in [9.17, 15) is 9.59 Å². The van der Waals surface area contributed by atoms with Crippen molar-refractivity contribution in [1.82, 2.24) is 10.6 Å². The van der Waals surface area contributed by atoms with Crippen LogP contribution in [0.3, 0.4) is 0 Å². The lowest BCUT2D eigenvalue weighted by Gasteiger charge is -2.36. The van der Waals surface area contributed by atoms with Gasteiger partial charge in [0.2, 0.25) is 11.8 Å². The predicted molar refractivity (Wildman–Crippen MR) is 189 cm³/mol. The van der Waals surface area contributed by atoms with Gasteiger partial charge in [0.1, 0.15) is 0 Å². The lowest BCUT2D eigenvalue weighted by molar-refractivity contribution is -0.121. The van der Waals surface area contributed by atoms with Gasteiger partial charge in [-0.2, -0.15) is 0 Å². The van der Waals surface area contributed by atoms with E-state index in [0.717, 1.165) is 64.5 Å². The fourth-order valence-electron chi connectivity index (χ4n) is 5.99. The van der Waals surface area contributed by atoms with Gasteiger partial charge in [-0.1, -0.05) is 143 Å². The molecule has 2 aliphatic rings. The van der Waals surface area contributed by atoms with Crippen molar-refractivity contribution in [3.8, 4) is 0 Å². The summed E-state index contributed by atoms with van der Waals surface area (Å²) in [4.78, 5) is 25.1. The molecule has 0 bridgehead atoms. The molecule has 2 aliphatic carbocycles. The number of carbonyl (C=O) groups excluding carboxylic acids is 2. The zero-order valence-corrected chi connectivity index (χ0v) is 30.8. The van der Waals surface area contributed by atoms with Gasteiger partial charge >= 0.3 is 0 Å². The van der Waals surface area contributed by atoms with Gasteiger partial charge in [0, 0.05) is 25.9 Å². The molecule has 0 aromatic carbocycles. The molecular weight excluding hydrogens is 540 g/mol. The summed E-state index contributed by atoms with van der Waals surface area (Å²) in [5.74, 6) is 1.32. The normalized spacial score (nSPS) is 19.9. The molecule has 0 saturated carbocycles. The highest BCUT2D eigenvalue weighted by Crippen LogP contribution is 2.44. The van der Waals surface area contributed by atoms with E-state index in [1.807, 2.05) is 0 Å². The maximum atomic E-state index is 12.5. The number of allylic oxidation sites excluding steroid dienone is 8. The van der Waals surface area contributed by atoms with E-state index in [2.05, 4.69) is 118 Å². The lowest BCUT2D eigenvalue weighted by atomic mass is 9.69. The van der Waals surface area contributed by atoms with Crippen molar-refractivity contribution in [2.75, 3.05) is 13.1 Å². The first-order valence-corrected chi connectivity index (χ1v) is 17.5. The highest BCUT2D eigenvalue weighted by Gasteiger charge is 2.31. The Morgan fingerprint density at radius 1 is 0.591 bits per heavy atom. The largest absolute Gasteiger partial charge is 0.356 e. The van der Waals surface area contributed by atoms with Crippen LogP contribution in [0.5, 0.6) is 0 Å². The highest BCUT2D eigenvalue weighted by molar-refractivity contribution is 5.76. The van der Waals surface area contributed by atoms with Crippen LogP contribution in [0.25, 0.3) is 0 Å². The van der Waals surface area contributed by atoms with Gasteiger partial charge in [0.05, 0.1) is 0 Å². The minimum absolute atomic E-state index is 0.146. The van der Waals surface area contributed by atoms with Gasteiger partial charge < -0.3 is 10.6 Å². The van der Waals surface area contributed by atoms with Crippen molar-refractivity contribution in [3.63, 3.8) is 0 Å². The molecule has 0 fully saturated rings. The Balaban J connectivity index is 1.63. The molecule has 2 unspecified atom stereocenters. The summed E-state index contributed by atoms with van der Waals surface area (Å²) in [7, 11) is 0. The van der Waals surface area contributed by atoms with Crippen molar-refractivity contribution >= 4 is 11.8 Å². The molecule has 2 rings (SSSR count). The Labute approximate surface area is 272 Å². The quantitative estimate of drug-likeness (QED) is 0.204. The van der Waals surface area contributed by atoms with Gasteiger partial charge in [-0.15, -0.1) is 0 Å². The monoisotopic (exact) mass is 609 g/mol. The second kappa shape index (κ2) is 15.9. The van der Waals surface area contributed by atoms with E-state index in [4.69, 9.17) is 0 Å². The third-order valence-corrected chi connectivity index (χ3v) is 9.61. The number of hydrogen-bond acceptors (Lipinski definition) is 2. The van der Waals surface area contributed by atoms with Crippen LogP contribution < -0.4 is 10.6 Å². The minimum Gasteiger partial charge on any atom is -0.356 e. The zero-order valence-electron chi connectivity index (χ0n) is 30.8. The summed E-state index contributed by atoms with van der Waals surface area (Å²) >= 11 is 0. The third kappa shape index (κ3) is 13.5. The summed E-state index contributed by atoms with van der Waals surface area (Å²) < 4.78 is 0. The smallest absolute Gasteiger partial charge is 0.220 e. The molecule has 4 heteroatoms. The van der Waals surface area contributed by atoms with Crippen LogP contribution in [0.1, 0.15) is 147 Å². The number of unbranched alkanes of at least 4 members (excludes halogenated alkanes) is 3. The molecular formula is C40H68N2O2. The van der Waals surface area contributed by atoms with E-state index in [-0.39, 0.29) is 33.5 Å². The van der Waals surface area contributed by atoms with E-state index in [1.54, 1.807) is 0 Å². The van der Waals surface area contributed by atoms with Crippen LogP contribution in [0.15, 0.2) is 46.6 Å². The Kier molecular flexibility index (Phi) is 13.8. The maximum absolute atomic E-state index is 12.5. The maximum Gasteiger partial charge on any atom is 0.220 e. The molecule has 0 aromatic heterocycles. The van der Waals surface area contributed by atoms with Gasteiger partial charge in [-0.05, 0) is 72.0 Å². The standard InChI is InChI=1S/C40H68N2O2/c1-37(2,3)31-23-29(24-32(27-31)38(4,5)6)17-19-35(43)41-21-15-13-14-16-22-42-36(44)20-18-30-25-33(39(7,8)9)28-34(26-30)40(10,11)12/h23-26,31,33H,13-22,27-28H2,1-12H3,(H,41,43)(H,42,44). The summed E-state index contributed by atoms with van der Waals surface area (Å²) in [6.07, 6.45) is 18.5. The summed E-state index contributed by atoms with van der Waals surface area (Å²) in [5, 5.41) is 6.24. The summed E-state index contributed by atoms with van der Waals surface area (Å²) in [5.41, 5.74) is 6.37. The third-order valence-electron chi connectivity index (χ3n) is 9.61. The minimum atomic E-state index is 0.146. The number of amides is 2. The first kappa shape index (κ1) is 38.1. The Morgan fingerprint density at radius 3 is 1.23 bits per heavy atom. The Morgan fingerprint density at radius 2 is 0.932 bits per heavy atom. The molecule has 250 valence electrons. The van der Waals surface area contributed by atoms with Crippen molar-refractivity contribution in [3.05, 3.63) is 46.6 Å². The molecule has 0 aromatic rings. The van der Waals surface area contributed by atoms with Crippen molar-refractivity contribution < 1.29 is 9.59 Å². The van der Waals surface area contributed by atoms with Gasteiger partial charge in [-0.3, -0.25) is 9.59 Å². The van der Waals surface area contributed by atoms with Crippen LogP contribution in [-0.4, -0.2) is 24.9 Å². The molecule has 2 atom stereocenters. The summed E-state index contributed by atoms with van der Waals surface area (Å²) in [6.45, 7) is 29.1. The molecule has 2 N–H and O–H groups in total. The topological polar surface area (TPSA) is 58.2 Å².